The molecule has 144 valence electrons. The van der Waals surface area contributed by atoms with Crippen molar-refractivity contribution in [2.24, 2.45) is 0 Å². The summed E-state index contributed by atoms with van der Waals surface area (Å²) in [5, 5.41) is 13.9. The fraction of sp³-hybridized carbons (Fsp3) is 0.238. The Morgan fingerprint density at radius 1 is 1.07 bits per heavy atom. The molecule has 0 radical (unpaired) electrons. The maximum absolute atomic E-state index is 12.6. The molecule has 0 aliphatic carbocycles. The van der Waals surface area contributed by atoms with Crippen molar-refractivity contribution in [2.45, 2.75) is 18.7 Å². The largest absolute Gasteiger partial charge is 0.341 e. The summed E-state index contributed by atoms with van der Waals surface area (Å²) in [4.78, 5) is 36.4. The number of hydrogen-bond donors (Lipinski definition) is 2. The Morgan fingerprint density at radius 2 is 1.79 bits per heavy atom. The van der Waals surface area contributed by atoms with Crippen LogP contribution >= 0.6 is 11.8 Å². The second-order valence-electron chi connectivity index (χ2n) is 6.04. The predicted octanol–water partition coefficient (Wildman–Crippen LogP) is 2.56. The summed E-state index contributed by atoms with van der Waals surface area (Å²) in [6, 6.07) is 17.2. The number of nitrogens with zero attached hydrogens (tertiary/aromatic N) is 1. The third-order valence-electron chi connectivity index (χ3n) is 3.89. The molecule has 2 aromatic carbocycles. The van der Waals surface area contributed by atoms with Crippen molar-refractivity contribution in [3.8, 4) is 6.07 Å². The van der Waals surface area contributed by atoms with Crippen LogP contribution in [0.2, 0.25) is 0 Å². The Bertz CT molecular complexity index is 878. The van der Waals surface area contributed by atoms with Gasteiger partial charge in [0.25, 0.3) is 5.91 Å². The monoisotopic (exact) mass is 395 g/mol. The van der Waals surface area contributed by atoms with Gasteiger partial charge in [-0.3, -0.25) is 14.4 Å². The van der Waals surface area contributed by atoms with Crippen LogP contribution in [0.4, 0.5) is 0 Å². The molecule has 28 heavy (non-hydrogen) atoms. The molecular weight excluding hydrogens is 374 g/mol. The number of Topliss-reactive ketones (excluding diaryl/α,β-unsaturated/α-hetero) is 1. The topological polar surface area (TPSA) is 99.1 Å². The van der Waals surface area contributed by atoms with Crippen LogP contribution in [-0.2, 0) is 10.5 Å². The van der Waals surface area contributed by atoms with Crippen LogP contribution in [0.5, 0.6) is 0 Å². The van der Waals surface area contributed by atoms with Gasteiger partial charge >= 0.3 is 0 Å². The molecule has 0 saturated heterocycles. The number of hydrogen-bond acceptors (Lipinski definition) is 5. The lowest BCUT2D eigenvalue weighted by Gasteiger charge is -2.18. The average Bonchev–Trinajstić information content (AvgIpc) is 2.72. The van der Waals surface area contributed by atoms with Gasteiger partial charge in [-0.05, 0) is 24.6 Å². The highest BCUT2D eigenvalue weighted by Crippen LogP contribution is 2.14. The van der Waals surface area contributed by atoms with E-state index in [0.29, 0.717) is 22.6 Å². The minimum atomic E-state index is -0.796. The van der Waals surface area contributed by atoms with E-state index in [-0.39, 0.29) is 12.3 Å². The Morgan fingerprint density at radius 3 is 2.46 bits per heavy atom. The third-order valence-corrected chi connectivity index (χ3v) is 5.00. The van der Waals surface area contributed by atoms with E-state index in [1.54, 1.807) is 18.2 Å². The summed E-state index contributed by atoms with van der Waals surface area (Å²) in [7, 11) is 0. The van der Waals surface area contributed by atoms with E-state index in [4.69, 9.17) is 5.26 Å². The maximum Gasteiger partial charge on any atom is 0.251 e. The Hall–Kier alpha value is -3.11. The van der Waals surface area contributed by atoms with Gasteiger partial charge in [-0.25, -0.2) is 0 Å². The number of amides is 2. The lowest BCUT2D eigenvalue weighted by Crippen LogP contribution is -2.48. The van der Waals surface area contributed by atoms with Gasteiger partial charge in [-0.1, -0.05) is 42.5 Å². The molecule has 1 unspecified atom stereocenters. The zero-order valence-corrected chi connectivity index (χ0v) is 16.3. The standard InChI is InChI=1S/C21H21N3O3S/c1-15(25)17-8-5-9-18(12-17)20(26)24-19(21(27)23-11-10-22)14-28-13-16-6-3-2-4-7-16/h2-9,12,19H,11,13-14H2,1H3,(H,23,27)(H,24,26). The second kappa shape index (κ2) is 10.9. The Balaban J connectivity index is 2.04. The molecule has 1 atom stereocenters. The van der Waals surface area contributed by atoms with Gasteiger partial charge in [0.1, 0.15) is 12.6 Å². The highest BCUT2D eigenvalue weighted by atomic mass is 32.2. The molecule has 6 nitrogen and oxygen atoms in total. The first-order chi connectivity index (χ1) is 13.5. The van der Waals surface area contributed by atoms with Crippen molar-refractivity contribution in [3.63, 3.8) is 0 Å². The zero-order valence-electron chi connectivity index (χ0n) is 15.5. The van der Waals surface area contributed by atoms with E-state index in [1.165, 1.54) is 24.8 Å². The van der Waals surface area contributed by atoms with Crippen LogP contribution < -0.4 is 10.6 Å². The molecule has 0 bridgehead atoms. The molecule has 0 heterocycles. The summed E-state index contributed by atoms with van der Waals surface area (Å²) >= 11 is 1.51. The summed E-state index contributed by atoms with van der Waals surface area (Å²) in [6.45, 7) is 1.30. The van der Waals surface area contributed by atoms with E-state index in [1.807, 2.05) is 36.4 Å². The van der Waals surface area contributed by atoms with Crippen LogP contribution in [0.25, 0.3) is 0 Å². The van der Waals surface area contributed by atoms with Gasteiger partial charge in [0.2, 0.25) is 5.91 Å². The zero-order chi connectivity index (χ0) is 20.4. The van der Waals surface area contributed by atoms with Gasteiger partial charge in [-0.2, -0.15) is 17.0 Å². The number of rotatable bonds is 9. The van der Waals surface area contributed by atoms with Crippen LogP contribution in [-0.4, -0.2) is 35.9 Å². The summed E-state index contributed by atoms with van der Waals surface area (Å²) in [5.74, 6) is 0.0399. The first kappa shape index (κ1) is 21.2. The summed E-state index contributed by atoms with van der Waals surface area (Å²) in [5.41, 5.74) is 1.85. The maximum atomic E-state index is 12.6. The van der Waals surface area contributed by atoms with E-state index in [9.17, 15) is 14.4 Å². The SMILES string of the molecule is CC(=O)c1cccc(C(=O)NC(CSCc2ccccc2)C(=O)NCC#N)c1. The van der Waals surface area contributed by atoms with E-state index in [0.717, 1.165) is 5.56 Å². The van der Waals surface area contributed by atoms with Crippen molar-refractivity contribution < 1.29 is 14.4 Å². The van der Waals surface area contributed by atoms with Crippen molar-refractivity contribution in [1.82, 2.24) is 10.6 Å². The molecular formula is C21H21N3O3S. The smallest absolute Gasteiger partial charge is 0.251 e. The number of carbonyl (C=O) groups excluding carboxylic acids is 3. The van der Waals surface area contributed by atoms with Crippen LogP contribution in [0.1, 0.15) is 33.2 Å². The van der Waals surface area contributed by atoms with E-state index in [2.05, 4.69) is 10.6 Å². The number of benzene rings is 2. The summed E-state index contributed by atoms with van der Waals surface area (Å²) < 4.78 is 0. The molecule has 2 amide bonds. The Labute approximate surface area is 168 Å². The molecule has 7 heteroatoms. The second-order valence-corrected chi connectivity index (χ2v) is 7.07. The average molecular weight is 395 g/mol. The van der Waals surface area contributed by atoms with Crippen LogP contribution in [0.15, 0.2) is 54.6 Å². The molecule has 0 spiro atoms. The third kappa shape index (κ3) is 6.56. The fourth-order valence-corrected chi connectivity index (χ4v) is 3.44. The molecule has 0 aliphatic rings. The van der Waals surface area contributed by atoms with Crippen molar-refractivity contribution in [3.05, 3.63) is 71.3 Å². The normalized spacial score (nSPS) is 11.1. The molecule has 2 rings (SSSR count). The first-order valence-corrected chi connectivity index (χ1v) is 9.85. The lowest BCUT2D eigenvalue weighted by molar-refractivity contribution is -0.122. The highest BCUT2D eigenvalue weighted by molar-refractivity contribution is 7.98. The van der Waals surface area contributed by atoms with Gasteiger partial charge < -0.3 is 10.6 Å². The highest BCUT2D eigenvalue weighted by Gasteiger charge is 2.21. The molecule has 2 aromatic rings. The quantitative estimate of drug-likeness (QED) is 0.502. The Kier molecular flexibility index (Phi) is 8.25. The molecule has 2 N–H and O–H groups in total. The number of nitriles is 1. The number of nitrogens with one attached hydrogen (secondary N) is 2. The minimum absolute atomic E-state index is 0.131. The van der Waals surface area contributed by atoms with Gasteiger partial charge in [0.15, 0.2) is 5.78 Å². The van der Waals surface area contributed by atoms with Crippen LogP contribution in [0, 0.1) is 11.3 Å². The van der Waals surface area contributed by atoms with Gasteiger partial charge in [0.05, 0.1) is 6.07 Å². The van der Waals surface area contributed by atoms with E-state index >= 15 is 0 Å². The predicted molar refractivity (Wildman–Crippen MR) is 109 cm³/mol. The van der Waals surface area contributed by atoms with Crippen molar-refractivity contribution in [1.29, 1.82) is 5.26 Å². The molecule has 0 saturated carbocycles. The van der Waals surface area contributed by atoms with Gasteiger partial charge in [-0.15, -0.1) is 0 Å². The number of thioether (sulfide) groups is 1. The molecule has 0 aliphatic heterocycles. The van der Waals surface area contributed by atoms with Crippen molar-refractivity contribution in [2.75, 3.05) is 12.3 Å². The van der Waals surface area contributed by atoms with Crippen LogP contribution in [0.3, 0.4) is 0 Å². The summed E-state index contributed by atoms with van der Waals surface area (Å²) in [6.07, 6.45) is 0. The fourth-order valence-electron chi connectivity index (χ4n) is 2.42. The molecule has 0 aromatic heterocycles. The van der Waals surface area contributed by atoms with Crippen molar-refractivity contribution >= 4 is 29.4 Å². The molecule has 0 fully saturated rings. The minimum Gasteiger partial charge on any atom is -0.341 e. The first-order valence-electron chi connectivity index (χ1n) is 8.69. The lowest BCUT2D eigenvalue weighted by atomic mass is 10.1. The van der Waals surface area contributed by atoms with Gasteiger partial charge in [0, 0.05) is 22.6 Å². The van der Waals surface area contributed by atoms with E-state index < -0.39 is 17.9 Å². The number of carbonyl (C=O) groups is 3. The number of ketones is 1.